The lowest BCUT2D eigenvalue weighted by Gasteiger charge is -2.07. The lowest BCUT2D eigenvalue weighted by atomic mass is 10.1. The number of halogens is 1. The molecule has 1 aromatic heterocycles. The molecular formula is C18H19ClN2O5. The second-order valence-electron chi connectivity index (χ2n) is 5.48. The van der Waals surface area contributed by atoms with E-state index in [2.05, 4.69) is 10.3 Å². The van der Waals surface area contributed by atoms with Crippen LogP contribution in [0.1, 0.15) is 39.0 Å². The molecule has 2 rings (SSSR count). The number of aromatic amines is 1. The van der Waals surface area contributed by atoms with Crippen LogP contribution in [0.4, 0.5) is 5.69 Å². The Balaban J connectivity index is 2.01. The Morgan fingerprint density at radius 2 is 1.88 bits per heavy atom. The van der Waals surface area contributed by atoms with Crippen molar-refractivity contribution in [2.45, 2.75) is 20.8 Å². The molecule has 0 radical (unpaired) electrons. The van der Waals surface area contributed by atoms with Crippen molar-refractivity contribution in [1.82, 2.24) is 4.98 Å². The fourth-order valence-electron chi connectivity index (χ4n) is 2.43. The van der Waals surface area contributed by atoms with E-state index in [1.165, 1.54) is 0 Å². The van der Waals surface area contributed by atoms with E-state index >= 15 is 0 Å². The van der Waals surface area contributed by atoms with Crippen molar-refractivity contribution in [1.29, 1.82) is 0 Å². The summed E-state index contributed by atoms with van der Waals surface area (Å²) in [6.45, 7) is 4.72. The number of rotatable bonds is 6. The summed E-state index contributed by atoms with van der Waals surface area (Å²) in [6, 6.07) is 6.60. The molecule has 0 saturated carbocycles. The number of aromatic nitrogens is 1. The molecular weight excluding hydrogens is 360 g/mol. The second-order valence-corrected chi connectivity index (χ2v) is 5.92. The van der Waals surface area contributed by atoms with Gasteiger partial charge in [0, 0.05) is 16.4 Å². The zero-order chi connectivity index (χ0) is 19.3. The lowest BCUT2D eigenvalue weighted by Crippen LogP contribution is -2.21. The molecule has 1 heterocycles. The number of benzene rings is 1. The molecule has 2 N–H and O–H groups in total. The van der Waals surface area contributed by atoms with Crippen molar-refractivity contribution >= 4 is 35.1 Å². The van der Waals surface area contributed by atoms with Gasteiger partial charge in [0.15, 0.2) is 6.61 Å². The smallest absolute Gasteiger partial charge is 0.355 e. The van der Waals surface area contributed by atoms with Gasteiger partial charge in [-0.25, -0.2) is 9.59 Å². The number of hydrogen-bond donors (Lipinski definition) is 2. The minimum absolute atomic E-state index is 0.112. The fourth-order valence-corrected chi connectivity index (χ4v) is 2.62. The summed E-state index contributed by atoms with van der Waals surface area (Å²) in [5.41, 5.74) is 1.82. The van der Waals surface area contributed by atoms with E-state index in [4.69, 9.17) is 21.1 Å². The second kappa shape index (κ2) is 8.53. The normalized spacial score (nSPS) is 10.3. The third-order valence-corrected chi connectivity index (χ3v) is 3.80. The maximum Gasteiger partial charge on any atom is 0.355 e. The predicted octanol–water partition coefficient (Wildman–Crippen LogP) is 3.26. The molecule has 0 bridgehead atoms. The number of H-pyrrole nitrogens is 1. The topological polar surface area (TPSA) is 97.5 Å². The molecule has 0 atom stereocenters. The Hall–Kier alpha value is -2.80. The van der Waals surface area contributed by atoms with Crippen molar-refractivity contribution in [2.75, 3.05) is 18.5 Å². The summed E-state index contributed by atoms with van der Waals surface area (Å²) in [5, 5.41) is 3.05. The van der Waals surface area contributed by atoms with E-state index in [1.54, 1.807) is 45.0 Å². The third kappa shape index (κ3) is 4.64. The van der Waals surface area contributed by atoms with E-state index in [-0.39, 0.29) is 12.3 Å². The van der Waals surface area contributed by atoms with Crippen LogP contribution in [0.25, 0.3) is 0 Å². The number of anilines is 1. The molecule has 1 aromatic carbocycles. The Kier molecular flexibility index (Phi) is 6.41. The highest BCUT2D eigenvalue weighted by Gasteiger charge is 2.24. The van der Waals surface area contributed by atoms with E-state index < -0.39 is 24.5 Å². The van der Waals surface area contributed by atoms with Gasteiger partial charge in [0.25, 0.3) is 5.91 Å². The molecule has 2 aromatic rings. The van der Waals surface area contributed by atoms with Crippen molar-refractivity contribution < 1.29 is 23.9 Å². The predicted molar refractivity (Wildman–Crippen MR) is 96.6 cm³/mol. The lowest BCUT2D eigenvalue weighted by molar-refractivity contribution is -0.119. The van der Waals surface area contributed by atoms with E-state index in [9.17, 15) is 14.4 Å². The van der Waals surface area contributed by atoms with Crippen molar-refractivity contribution in [3.63, 3.8) is 0 Å². The number of carbonyl (C=O) groups excluding carboxylic acids is 3. The van der Waals surface area contributed by atoms with Crippen LogP contribution >= 0.6 is 11.6 Å². The maximum absolute atomic E-state index is 12.2. The van der Waals surface area contributed by atoms with Crippen LogP contribution in [0.5, 0.6) is 0 Å². The van der Waals surface area contributed by atoms with E-state index in [1.807, 2.05) is 0 Å². The van der Waals surface area contributed by atoms with Gasteiger partial charge in [-0.05, 0) is 44.5 Å². The number of ether oxygens (including phenoxy) is 2. The standard InChI is InChI=1S/C18H19ClN2O5/c1-4-25-17(23)15-10(2)16(20-11(15)3)18(24)26-9-14(22)21-13-7-5-6-12(19)8-13/h5-8,20H,4,9H2,1-3H3,(H,21,22). The van der Waals surface area contributed by atoms with Gasteiger partial charge >= 0.3 is 11.9 Å². The molecule has 0 unspecified atom stereocenters. The van der Waals surface area contributed by atoms with Gasteiger partial charge in [-0.2, -0.15) is 0 Å². The van der Waals surface area contributed by atoms with Gasteiger partial charge in [-0.3, -0.25) is 4.79 Å². The van der Waals surface area contributed by atoms with Crippen molar-refractivity contribution in [2.24, 2.45) is 0 Å². The molecule has 0 fully saturated rings. The zero-order valence-electron chi connectivity index (χ0n) is 14.6. The van der Waals surface area contributed by atoms with Gasteiger partial charge in [0.1, 0.15) is 5.69 Å². The average molecular weight is 379 g/mol. The number of amides is 1. The van der Waals surface area contributed by atoms with E-state index in [0.717, 1.165) is 0 Å². The number of carbonyl (C=O) groups is 3. The van der Waals surface area contributed by atoms with Gasteiger partial charge < -0.3 is 19.8 Å². The minimum Gasteiger partial charge on any atom is -0.462 e. The monoisotopic (exact) mass is 378 g/mol. The average Bonchev–Trinajstić information content (AvgIpc) is 2.87. The highest BCUT2D eigenvalue weighted by molar-refractivity contribution is 6.30. The first kappa shape index (κ1) is 19.5. The largest absolute Gasteiger partial charge is 0.462 e. The minimum atomic E-state index is -0.734. The van der Waals surface area contributed by atoms with Gasteiger partial charge in [-0.1, -0.05) is 17.7 Å². The van der Waals surface area contributed by atoms with Crippen LogP contribution in [0.15, 0.2) is 24.3 Å². The first-order valence-corrected chi connectivity index (χ1v) is 8.30. The first-order valence-electron chi connectivity index (χ1n) is 7.92. The molecule has 0 aliphatic heterocycles. The molecule has 8 heteroatoms. The summed E-state index contributed by atoms with van der Waals surface area (Å²) in [4.78, 5) is 38.9. The van der Waals surface area contributed by atoms with Gasteiger partial charge in [0.05, 0.1) is 12.2 Å². The Morgan fingerprint density at radius 3 is 2.54 bits per heavy atom. The molecule has 0 aliphatic rings. The molecule has 138 valence electrons. The van der Waals surface area contributed by atoms with Crippen molar-refractivity contribution in [3.8, 4) is 0 Å². The molecule has 1 amide bonds. The Labute approximate surface area is 155 Å². The fraction of sp³-hybridized carbons (Fsp3) is 0.278. The molecule has 0 spiro atoms. The Bertz CT molecular complexity index is 844. The molecule has 0 aliphatic carbocycles. The highest BCUT2D eigenvalue weighted by Crippen LogP contribution is 2.20. The SMILES string of the molecule is CCOC(=O)c1c(C)[nH]c(C(=O)OCC(=O)Nc2cccc(Cl)c2)c1C. The number of esters is 2. The third-order valence-electron chi connectivity index (χ3n) is 3.56. The molecule has 0 saturated heterocycles. The maximum atomic E-state index is 12.2. The van der Waals surface area contributed by atoms with Crippen LogP contribution in [0.3, 0.4) is 0 Å². The summed E-state index contributed by atoms with van der Waals surface area (Å²) < 4.78 is 9.98. The van der Waals surface area contributed by atoms with Crippen LogP contribution in [0, 0.1) is 13.8 Å². The zero-order valence-corrected chi connectivity index (χ0v) is 15.4. The number of aryl methyl sites for hydroxylation is 1. The van der Waals surface area contributed by atoms with Gasteiger partial charge in [-0.15, -0.1) is 0 Å². The van der Waals surface area contributed by atoms with Crippen LogP contribution in [-0.4, -0.2) is 36.0 Å². The van der Waals surface area contributed by atoms with Crippen LogP contribution in [0.2, 0.25) is 5.02 Å². The van der Waals surface area contributed by atoms with Crippen molar-refractivity contribution in [3.05, 3.63) is 51.8 Å². The molecule has 26 heavy (non-hydrogen) atoms. The number of nitrogens with one attached hydrogen (secondary N) is 2. The summed E-state index contributed by atoms with van der Waals surface area (Å²) in [5.74, 6) is -1.76. The van der Waals surface area contributed by atoms with E-state index in [0.29, 0.717) is 27.5 Å². The Morgan fingerprint density at radius 1 is 1.15 bits per heavy atom. The van der Waals surface area contributed by atoms with Crippen LogP contribution in [-0.2, 0) is 14.3 Å². The molecule has 7 nitrogen and oxygen atoms in total. The highest BCUT2D eigenvalue weighted by atomic mass is 35.5. The van der Waals surface area contributed by atoms with Gasteiger partial charge in [0.2, 0.25) is 0 Å². The summed E-state index contributed by atoms with van der Waals surface area (Å²) in [6.07, 6.45) is 0. The number of hydrogen-bond acceptors (Lipinski definition) is 5. The first-order chi connectivity index (χ1) is 12.3. The summed E-state index contributed by atoms with van der Waals surface area (Å²) >= 11 is 5.84. The summed E-state index contributed by atoms with van der Waals surface area (Å²) in [7, 11) is 0. The van der Waals surface area contributed by atoms with Crippen LogP contribution < -0.4 is 5.32 Å². The quantitative estimate of drug-likeness (QED) is 0.752.